The zero-order valence-corrected chi connectivity index (χ0v) is 13.0. The first-order valence-corrected chi connectivity index (χ1v) is 7.66. The van der Waals surface area contributed by atoms with Crippen LogP contribution in [-0.2, 0) is 5.41 Å². The molecule has 1 aliphatic rings. The van der Waals surface area contributed by atoms with Crippen LogP contribution in [0.2, 0.25) is 0 Å². The summed E-state index contributed by atoms with van der Waals surface area (Å²) < 4.78 is 0. The van der Waals surface area contributed by atoms with Gasteiger partial charge in [-0.1, -0.05) is 36.4 Å². The summed E-state index contributed by atoms with van der Waals surface area (Å²) in [7, 11) is 1.78. The summed E-state index contributed by atoms with van der Waals surface area (Å²) in [5, 5.41) is 9.05. The molecule has 2 aromatic rings. The van der Waals surface area contributed by atoms with Gasteiger partial charge in [0.2, 0.25) is 0 Å². The van der Waals surface area contributed by atoms with Gasteiger partial charge in [-0.05, 0) is 36.6 Å². The third kappa shape index (κ3) is 3.11. The number of carboxylic acid groups (broad SMARTS) is 1. The molecule has 0 unspecified atom stereocenters. The van der Waals surface area contributed by atoms with Crippen molar-refractivity contribution in [1.82, 2.24) is 4.90 Å². The molecule has 1 amide bonds. The predicted molar refractivity (Wildman–Crippen MR) is 87.7 cm³/mol. The lowest BCUT2D eigenvalue weighted by Gasteiger charge is -2.24. The fourth-order valence-corrected chi connectivity index (χ4v) is 3.01. The van der Waals surface area contributed by atoms with E-state index in [2.05, 4.69) is 12.1 Å². The van der Waals surface area contributed by atoms with Gasteiger partial charge in [0.1, 0.15) is 0 Å². The van der Waals surface area contributed by atoms with Gasteiger partial charge >= 0.3 is 5.97 Å². The number of amides is 1. The first kappa shape index (κ1) is 15.3. The number of nitrogens with zero attached hydrogens (tertiary/aromatic N) is 1. The van der Waals surface area contributed by atoms with E-state index in [1.807, 2.05) is 18.2 Å². The van der Waals surface area contributed by atoms with Gasteiger partial charge < -0.3 is 10.0 Å². The van der Waals surface area contributed by atoms with Gasteiger partial charge in [-0.2, -0.15) is 0 Å². The minimum Gasteiger partial charge on any atom is -0.478 e. The highest BCUT2D eigenvalue weighted by Crippen LogP contribution is 2.48. The first-order valence-electron chi connectivity index (χ1n) is 7.66. The summed E-state index contributed by atoms with van der Waals surface area (Å²) in [5.74, 6) is -1.17. The lowest BCUT2D eigenvalue weighted by molar-refractivity contribution is 0.0697. The molecule has 118 valence electrons. The Balaban J connectivity index is 1.76. The van der Waals surface area contributed by atoms with Gasteiger partial charge in [0, 0.05) is 24.6 Å². The Morgan fingerprint density at radius 3 is 2.30 bits per heavy atom. The molecule has 1 fully saturated rings. The molecule has 4 nitrogen and oxygen atoms in total. The van der Waals surface area contributed by atoms with E-state index in [9.17, 15) is 9.59 Å². The first-order chi connectivity index (χ1) is 11.0. The fourth-order valence-electron chi connectivity index (χ4n) is 3.01. The Morgan fingerprint density at radius 2 is 1.70 bits per heavy atom. The normalized spacial score (nSPS) is 15.0. The molecule has 0 heterocycles. The van der Waals surface area contributed by atoms with E-state index in [-0.39, 0.29) is 16.9 Å². The minimum atomic E-state index is -1.02. The van der Waals surface area contributed by atoms with Gasteiger partial charge in [0.15, 0.2) is 0 Å². The smallest absolute Gasteiger partial charge is 0.335 e. The third-order valence-electron chi connectivity index (χ3n) is 4.48. The van der Waals surface area contributed by atoms with Crippen molar-refractivity contribution in [3.05, 3.63) is 71.3 Å². The van der Waals surface area contributed by atoms with E-state index in [4.69, 9.17) is 5.11 Å². The number of hydrogen-bond acceptors (Lipinski definition) is 2. The molecule has 0 atom stereocenters. The van der Waals surface area contributed by atoms with E-state index in [0.29, 0.717) is 12.1 Å². The summed E-state index contributed by atoms with van der Waals surface area (Å²) in [6.07, 6.45) is 2.15. The van der Waals surface area contributed by atoms with Crippen LogP contribution in [0.15, 0.2) is 54.6 Å². The summed E-state index contributed by atoms with van der Waals surface area (Å²) >= 11 is 0. The highest BCUT2D eigenvalue weighted by atomic mass is 16.4. The molecule has 1 N–H and O–H groups in total. The van der Waals surface area contributed by atoms with E-state index in [1.54, 1.807) is 24.1 Å². The number of carbonyl (C=O) groups is 2. The third-order valence-corrected chi connectivity index (χ3v) is 4.48. The van der Waals surface area contributed by atoms with Crippen LogP contribution in [0.3, 0.4) is 0 Å². The maximum Gasteiger partial charge on any atom is 0.335 e. The Morgan fingerprint density at radius 1 is 1.04 bits per heavy atom. The second-order valence-electron chi connectivity index (χ2n) is 6.19. The van der Waals surface area contributed by atoms with E-state index in [0.717, 1.165) is 12.8 Å². The summed E-state index contributed by atoms with van der Waals surface area (Å²) in [6.45, 7) is 0.646. The Bertz CT molecular complexity index is 735. The second-order valence-corrected chi connectivity index (χ2v) is 6.19. The lowest BCUT2D eigenvalue weighted by atomic mass is 9.95. The topological polar surface area (TPSA) is 57.6 Å². The molecule has 4 heteroatoms. The molecule has 0 aromatic heterocycles. The van der Waals surface area contributed by atoms with Crippen LogP contribution in [0, 0.1) is 0 Å². The van der Waals surface area contributed by atoms with Gasteiger partial charge in [-0.3, -0.25) is 4.79 Å². The summed E-state index contributed by atoms with van der Waals surface area (Å²) in [6, 6.07) is 16.4. The van der Waals surface area contributed by atoms with Crippen molar-refractivity contribution >= 4 is 11.9 Å². The standard InChI is InChI=1S/C19H19NO3/c1-20(13-19(10-11-19)16-8-3-2-4-9-16)17(21)14-6-5-7-15(12-14)18(22)23/h2-9,12H,10-11,13H2,1H3,(H,22,23). The molecular formula is C19H19NO3. The lowest BCUT2D eigenvalue weighted by Crippen LogP contribution is -2.34. The van der Waals surface area contributed by atoms with Crippen LogP contribution in [-0.4, -0.2) is 35.5 Å². The zero-order valence-electron chi connectivity index (χ0n) is 13.0. The number of benzene rings is 2. The van der Waals surface area contributed by atoms with Gasteiger partial charge in [0.25, 0.3) is 5.91 Å². The van der Waals surface area contributed by atoms with Crippen molar-refractivity contribution in [2.75, 3.05) is 13.6 Å². The molecule has 0 bridgehead atoms. The van der Waals surface area contributed by atoms with Crippen LogP contribution in [0.25, 0.3) is 0 Å². The van der Waals surface area contributed by atoms with Crippen molar-refractivity contribution in [2.45, 2.75) is 18.3 Å². The van der Waals surface area contributed by atoms with Crippen LogP contribution in [0.1, 0.15) is 39.1 Å². The number of carboxylic acids is 1. The average Bonchev–Trinajstić information content (AvgIpc) is 3.35. The Hall–Kier alpha value is -2.62. The molecule has 3 rings (SSSR count). The highest BCUT2D eigenvalue weighted by molar-refractivity contribution is 5.97. The largest absolute Gasteiger partial charge is 0.478 e. The fraction of sp³-hybridized carbons (Fsp3) is 0.263. The molecule has 0 radical (unpaired) electrons. The van der Waals surface area contributed by atoms with Gasteiger partial charge in [0.05, 0.1) is 5.56 Å². The van der Waals surface area contributed by atoms with E-state index >= 15 is 0 Å². The van der Waals surface area contributed by atoms with Crippen molar-refractivity contribution in [1.29, 1.82) is 0 Å². The van der Waals surface area contributed by atoms with Gasteiger partial charge in [-0.15, -0.1) is 0 Å². The molecule has 0 spiro atoms. The predicted octanol–water partition coefficient (Wildman–Crippen LogP) is 3.19. The second kappa shape index (κ2) is 5.88. The number of aromatic carboxylic acids is 1. The molecule has 0 saturated heterocycles. The molecular weight excluding hydrogens is 290 g/mol. The van der Waals surface area contributed by atoms with Crippen molar-refractivity contribution < 1.29 is 14.7 Å². The quantitative estimate of drug-likeness (QED) is 0.923. The van der Waals surface area contributed by atoms with Crippen molar-refractivity contribution in [3.63, 3.8) is 0 Å². The monoisotopic (exact) mass is 309 g/mol. The summed E-state index contributed by atoms with van der Waals surface area (Å²) in [5.41, 5.74) is 1.86. The van der Waals surface area contributed by atoms with Crippen LogP contribution < -0.4 is 0 Å². The maximum absolute atomic E-state index is 12.6. The average molecular weight is 309 g/mol. The van der Waals surface area contributed by atoms with E-state index in [1.165, 1.54) is 17.7 Å². The highest BCUT2D eigenvalue weighted by Gasteiger charge is 2.45. The minimum absolute atomic E-state index is 0.0517. The molecule has 1 aliphatic carbocycles. The van der Waals surface area contributed by atoms with Crippen LogP contribution >= 0.6 is 0 Å². The molecule has 2 aromatic carbocycles. The van der Waals surface area contributed by atoms with E-state index < -0.39 is 5.97 Å². The zero-order chi connectivity index (χ0) is 16.4. The Kier molecular flexibility index (Phi) is 3.90. The van der Waals surface area contributed by atoms with Crippen molar-refractivity contribution in [2.24, 2.45) is 0 Å². The van der Waals surface area contributed by atoms with Gasteiger partial charge in [-0.25, -0.2) is 4.79 Å². The summed E-state index contributed by atoms with van der Waals surface area (Å²) in [4.78, 5) is 25.3. The number of rotatable bonds is 5. The van der Waals surface area contributed by atoms with Crippen LogP contribution in [0.5, 0.6) is 0 Å². The number of hydrogen-bond donors (Lipinski definition) is 1. The molecule has 0 aliphatic heterocycles. The number of carbonyl (C=O) groups excluding carboxylic acids is 1. The molecule has 23 heavy (non-hydrogen) atoms. The Labute approximate surface area is 135 Å². The molecule has 1 saturated carbocycles. The van der Waals surface area contributed by atoms with Crippen LogP contribution in [0.4, 0.5) is 0 Å². The van der Waals surface area contributed by atoms with Crippen molar-refractivity contribution in [3.8, 4) is 0 Å². The number of likely N-dealkylation sites (N-methyl/N-ethyl adjacent to an activating group) is 1. The maximum atomic E-state index is 12.6. The SMILES string of the molecule is CN(CC1(c2ccccc2)CC1)C(=O)c1cccc(C(=O)O)c1.